The molecule has 8 nitrogen and oxygen atoms in total. The molecule has 1 aromatic carbocycles. The summed E-state index contributed by atoms with van der Waals surface area (Å²) >= 11 is 0. The lowest BCUT2D eigenvalue weighted by molar-refractivity contribution is -0.124. The van der Waals surface area contributed by atoms with Gasteiger partial charge >= 0.3 is 0 Å². The third kappa shape index (κ3) is 5.67. The fourth-order valence-electron chi connectivity index (χ4n) is 3.44. The van der Waals surface area contributed by atoms with E-state index in [0.29, 0.717) is 12.1 Å². The van der Waals surface area contributed by atoms with Crippen LogP contribution in [-0.2, 0) is 21.2 Å². The van der Waals surface area contributed by atoms with Crippen molar-refractivity contribution in [2.24, 2.45) is 0 Å². The highest BCUT2D eigenvalue weighted by molar-refractivity contribution is 7.89. The Hall–Kier alpha value is -2.80. The van der Waals surface area contributed by atoms with E-state index in [-0.39, 0.29) is 16.8 Å². The van der Waals surface area contributed by atoms with Gasteiger partial charge in [0.15, 0.2) is 0 Å². The van der Waals surface area contributed by atoms with Crippen molar-refractivity contribution in [1.82, 2.24) is 19.9 Å². The van der Waals surface area contributed by atoms with Crippen LogP contribution in [0.15, 0.2) is 47.5 Å². The Labute approximate surface area is 183 Å². The lowest BCUT2D eigenvalue weighted by Crippen LogP contribution is -2.49. The Morgan fingerprint density at radius 2 is 2.00 bits per heavy atom. The summed E-state index contributed by atoms with van der Waals surface area (Å²) in [6.45, 7) is 0.822. The van der Waals surface area contributed by atoms with Crippen molar-refractivity contribution in [2.45, 2.75) is 42.7 Å². The first-order valence-electron chi connectivity index (χ1n) is 10.2. The summed E-state index contributed by atoms with van der Waals surface area (Å²) in [5, 5.41) is 15.4. The number of amides is 1. The average molecular weight is 442 g/mol. The van der Waals surface area contributed by atoms with Crippen LogP contribution in [0, 0.1) is 11.3 Å². The standard InChI is InChI=1S/C22H27N5O3S/c1-27(2)31(29,30)19-9-7-17(8-10-19)20-11-6-16(15-25-20)13-18(14-23)26-22(28)21-5-3-4-12-24-21/h6-11,15,18,21,24H,3-5,12-13H2,1-2H3,(H,26,28)/t18-,21-/m0/s1. The number of hydrogen-bond donors (Lipinski definition) is 2. The Kier molecular flexibility index (Phi) is 7.38. The van der Waals surface area contributed by atoms with Crippen LogP contribution in [0.25, 0.3) is 11.3 Å². The molecular formula is C22H27N5O3S. The van der Waals surface area contributed by atoms with Gasteiger partial charge in [-0.05, 0) is 43.1 Å². The van der Waals surface area contributed by atoms with Crippen molar-refractivity contribution in [3.05, 3.63) is 48.2 Å². The summed E-state index contributed by atoms with van der Waals surface area (Å²) in [5.41, 5.74) is 2.32. The molecule has 1 saturated heterocycles. The minimum absolute atomic E-state index is 0.136. The highest BCUT2D eigenvalue weighted by Gasteiger charge is 2.23. The van der Waals surface area contributed by atoms with E-state index in [0.717, 1.165) is 36.9 Å². The molecule has 31 heavy (non-hydrogen) atoms. The molecule has 0 unspecified atom stereocenters. The maximum Gasteiger partial charge on any atom is 0.242 e. The van der Waals surface area contributed by atoms with Crippen LogP contribution in [-0.4, -0.2) is 56.3 Å². The maximum absolute atomic E-state index is 12.4. The van der Waals surface area contributed by atoms with Gasteiger partial charge in [0.25, 0.3) is 0 Å². The van der Waals surface area contributed by atoms with Crippen molar-refractivity contribution < 1.29 is 13.2 Å². The van der Waals surface area contributed by atoms with Crippen LogP contribution >= 0.6 is 0 Å². The van der Waals surface area contributed by atoms with Crippen molar-refractivity contribution >= 4 is 15.9 Å². The number of rotatable bonds is 7. The molecular weight excluding hydrogens is 414 g/mol. The Morgan fingerprint density at radius 1 is 1.26 bits per heavy atom. The molecule has 9 heteroatoms. The Balaban J connectivity index is 1.64. The van der Waals surface area contributed by atoms with Crippen molar-refractivity contribution in [1.29, 1.82) is 5.26 Å². The molecule has 1 aliphatic rings. The average Bonchev–Trinajstić information content (AvgIpc) is 2.79. The van der Waals surface area contributed by atoms with E-state index in [2.05, 4.69) is 21.7 Å². The van der Waals surface area contributed by atoms with Gasteiger partial charge in [-0.25, -0.2) is 12.7 Å². The second kappa shape index (κ2) is 10.0. The van der Waals surface area contributed by atoms with Crippen LogP contribution in [0.5, 0.6) is 0 Å². The lowest BCUT2D eigenvalue weighted by atomic mass is 10.0. The number of pyridine rings is 1. The van der Waals surface area contributed by atoms with Gasteiger partial charge in [-0.15, -0.1) is 0 Å². The van der Waals surface area contributed by atoms with E-state index in [1.54, 1.807) is 30.5 Å². The van der Waals surface area contributed by atoms with E-state index >= 15 is 0 Å². The van der Waals surface area contributed by atoms with Gasteiger partial charge in [0.1, 0.15) is 6.04 Å². The van der Waals surface area contributed by atoms with E-state index < -0.39 is 16.1 Å². The molecule has 0 aliphatic carbocycles. The van der Waals surface area contributed by atoms with Crippen LogP contribution in [0.2, 0.25) is 0 Å². The zero-order chi connectivity index (χ0) is 22.4. The molecule has 0 radical (unpaired) electrons. The number of carbonyl (C=O) groups is 1. The molecule has 0 spiro atoms. The van der Waals surface area contributed by atoms with Gasteiger partial charge in [0.2, 0.25) is 15.9 Å². The smallest absolute Gasteiger partial charge is 0.242 e. The zero-order valence-electron chi connectivity index (χ0n) is 17.7. The molecule has 1 fully saturated rings. The largest absolute Gasteiger partial charge is 0.339 e. The molecule has 1 aliphatic heterocycles. The van der Waals surface area contributed by atoms with E-state index in [9.17, 15) is 18.5 Å². The minimum atomic E-state index is -3.47. The van der Waals surface area contributed by atoms with Crippen LogP contribution in [0.3, 0.4) is 0 Å². The molecule has 2 N–H and O–H groups in total. The normalized spacial score (nSPS) is 17.7. The van der Waals surface area contributed by atoms with Gasteiger partial charge in [0, 0.05) is 32.3 Å². The SMILES string of the molecule is CN(C)S(=O)(=O)c1ccc(-c2ccc(C[C@@H](C#N)NC(=O)[C@@H]3CCCCN3)cn2)cc1. The molecule has 0 saturated carbocycles. The maximum atomic E-state index is 12.4. The predicted octanol–water partition coefficient (Wildman–Crippen LogP) is 1.69. The number of nitrogens with zero attached hydrogens (tertiary/aromatic N) is 3. The third-order valence-electron chi connectivity index (χ3n) is 5.29. The first kappa shape index (κ1) is 22.9. The summed E-state index contributed by atoms with van der Waals surface area (Å²) in [6.07, 6.45) is 4.90. The number of carbonyl (C=O) groups excluding carboxylic acids is 1. The molecule has 1 amide bonds. The number of piperidine rings is 1. The van der Waals surface area contributed by atoms with E-state index in [4.69, 9.17) is 0 Å². The summed E-state index contributed by atoms with van der Waals surface area (Å²) in [6, 6.07) is 11.5. The monoisotopic (exact) mass is 441 g/mol. The second-order valence-corrected chi connectivity index (χ2v) is 9.91. The highest BCUT2D eigenvalue weighted by Crippen LogP contribution is 2.21. The van der Waals surface area contributed by atoms with Crippen LogP contribution < -0.4 is 10.6 Å². The fraction of sp³-hybridized carbons (Fsp3) is 0.409. The second-order valence-electron chi connectivity index (χ2n) is 7.76. The van der Waals surface area contributed by atoms with Gasteiger partial charge in [0.05, 0.1) is 22.7 Å². The van der Waals surface area contributed by atoms with Gasteiger partial charge in [-0.3, -0.25) is 9.78 Å². The highest BCUT2D eigenvalue weighted by atomic mass is 32.2. The van der Waals surface area contributed by atoms with Crippen molar-refractivity contribution in [2.75, 3.05) is 20.6 Å². The number of hydrogen-bond acceptors (Lipinski definition) is 6. The zero-order valence-corrected chi connectivity index (χ0v) is 18.5. The predicted molar refractivity (Wildman–Crippen MR) is 117 cm³/mol. The quantitative estimate of drug-likeness (QED) is 0.676. The van der Waals surface area contributed by atoms with Gasteiger partial charge in [-0.2, -0.15) is 5.26 Å². The van der Waals surface area contributed by atoms with Crippen LogP contribution in [0.4, 0.5) is 0 Å². The number of benzene rings is 1. The molecule has 0 bridgehead atoms. The topological polar surface area (TPSA) is 115 Å². The first-order valence-corrected chi connectivity index (χ1v) is 11.7. The molecule has 3 rings (SSSR count). The third-order valence-corrected chi connectivity index (χ3v) is 7.12. The first-order chi connectivity index (χ1) is 14.8. The minimum Gasteiger partial charge on any atom is -0.339 e. The Morgan fingerprint density at radius 3 is 2.55 bits per heavy atom. The van der Waals surface area contributed by atoms with E-state index in [1.165, 1.54) is 18.4 Å². The van der Waals surface area contributed by atoms with Crippen LogP contribution in [0.1, 0.15) is 24.8 Å². The molecule has 1 aromatic heterocycles. The van der Waals surface area contributed by atoms with Crippen molar-refractivity contribution in [3.8, 4) is 17.3 Å². The number of nitrogens with one attached hydrogen (secondary N) is 2. The molecule has 2 atom stereocenters. The summed E-state index contributed by atoms with van der Waals surface area (Å²) in [4.78, 5) is 17.0. The molecule has 2 aromatic rings. The number of nitriles is 1. The lowest BCUT2D eigenvalue weighted by Gasteiger charge is -2.23. The summed E-state index contributed by atoms with van der Waals surface area (Å²) in [7, 11) is -0.490. The van der Waals surface area contributed by atoms with Gasteiger partial charge in [-0.1, -0.05) is 24.6 Å². The molecule has 164 valence electrons. The number of aromatic nitrogens is 1. The fourth-order valence-corrected chi connectivity index (χ4v) is 4.34. The molecule has 2 heterocycles. The van der Waals surface area contributed by atoms with E-state index in [1.807, 2.05) is 12.1 Å². The number of sulfonamides is 1. The van der Waals surface area contributed by atoms with Crippen molar-refractivity contribution in [3.63, 3.8) is 0 Å². The summed E-state index contributed by atoms with van der Waals surface area (Å²) < 4.78 is 25.5. The Bertz CT molecular complexity index is 1040. The van der Waals surface area contributed by atoms with Gasteiger partial charge < -0.3 is 10.6 Å². The summed E-state index contributed by atoms with van der Waals surface area (Å²) in [5.74, 6) is -0.136.